The molecule has 1 atom stereocenters. The van der Waals surface area contributed by atoms with Gasteiger partial charge in [-0.15, -0.1) is 0 Å². The van der Waals surface area contributed by atoms with E-state index in [1.165, 1.54) is 32.1 Å². The number of hydrogen-bond acceptors (Lipinski definition) is 1. The molecule has 1 nitrogen and oxygen atoms in total. The van der Waals surface area contributed by atoms with Gasteiger partial charge >= 0.3 is 0 Å². The third-order valence-corrected chi connectivity index (χ3v) is 3.80. The summed E-state index contributed by atoms with van der Waals surface area (Å²) in [5.41, 5.74) is 0. The monoisotopic (exact) mass is 210 g/mol. The van der Waals surface area contributed by atoms with Gasteiger partial charge in [-0.2, -0.15) is 0 Å². The highest BCUT2D eigenvalue weighted by atomic mass is 16.1. The Labute approximate surface area is 94.6 Å². The molecule has 0 aliphatic heterocycles. The fourth-order valence-electron chi connectivity index (χ4n) is 2.78. The molecule has 0 N–H and O–H groups in total. The van der Waals surface area contributed by atoms with Gasteiger partial charge in [0.05, 0.1) is 0 Å². The van der Waals surface area contributed by atoms with Crippen LogP contribution in [-0.4, -0.2) is 5.78 Å². The second-order valence-corrected chi connectivity index (χ2v) is 5.07. The van der Waals surface area contributed by atoms with Gasteiger partial charge in [-0.3, -0.25) is 4.79 Å². The number of carbonyl (C=O) groups is 1. The maximum atomic E-state index is 12.0. The summed E-state index contributed by atoms with van der Waals surface area (Å²) in [6.07, 6.45) is 10.8. The molecule has 0 saturated heterocycles. The SMILES string of the molecule is CCCC(CC)C(=O)CC1CCCCC1. The Morgan fingerprint density at radius 3 is 2.40 bits per heavy atom. The zero-order valence-electron chi connectivity index (χ0n) is 10.4. The first kappa shape index (κ1) is 12.7. The summed E-state index contributed by atoms with van der Waals surface area (Å²) in [6.45, 7) is 4.33. The van der Waals surface area contributed by atoms with E-state index >= 15 is 0 Å². The van der Waals surface area contributed by atoms with Crippen LogP contribution in [0.3, 0.4) is 0 Å². The van der Waals surface area contributed by atoms with Gasteiger partial charge in [0, 0.05) is 12.3 Å². The van der Waals surface area contributed by atoms with Crippen LogP contribution >= 0.6 is 0 Å². The molecule has 88 valence electrons. The van der Waals surface area contributed by atoms with Crippen molar-refractivity contribution < 1.29 is 4.79 Å². The number of ketones is 1. The minimum atomic E-state index is 0.358. The normalized spacial score (nSPS) is 20.1. The van der Waals surface area contributed by atoms with E-state index in [1.807, 2.05) is 0 Å². The first-order chi connectivity index (χ1) is 7.27. The molecule has 0 aromatic carbocycles. The zero-order chi connectivity index (χ0) is 11.1. The van der Waals surface area contributed by atoms with Crippen molar-refractivity contribution in [3.8, 4) is 0 Å². The molecule has 0 spiro atoms. The number of hydrogen-bond donors (Lipinski definition) is 0. The summed E-state index contributed by atoms with van der Waals surface area (Å²) in [5.74, 6) is 1.63. The first-order valence-electron chi connectivity index (χ1n) is 6.80. The average Bonchev–Trinajstić information content (AvgIpc) is 2.27. The lowest BCUT2D eigenvalue weighted by Crippen LogP contribution is -2.19. The molecule has 0 aromatic rings. The molecule has 1 rings (SSSR count). The van der Waals surface area contributed by atoms with Crippen LogP contribution in [0, 0.1) is 11.8 Å². The maximum Gasteiger partial charge on any atom is 0.136 e. The van der Waals surface area contributed by atoms with Gasteiger partial charge in [-0.1, -0.05) is 52.4 Å². The van der Waals surface area contributed by atoms with Gasteiger partial charge in [-0.25, -0.2) is 0 Å². The summed E-state index contributed by atoms with van der Waals surface area (Å²) < 4.78 is 0. The Morgan fingerprint density at radius 1 is 1.20 bits per heavy atom. The molecule has 1 aliphatic rings. The van der Waals surface area contributed by atoms with Crippen molar-refractivity contribution in [3.63, 3.8) is 0 Å². The smallest absolute Gasteiger partial charge is 0.136 e. The molecular weight excluding hydrogens is 184 g/mol. The third-order valence-electron chi connectivity index (χ3n) is 3.80. The molecule has 1 aliphatic carbocycles. The first-order valence-corrected chi connectivity index (χ1v) is 6.80. The van der Waals surface area contributed by atoms with Crippen molar-refractivity contribution in [2.24, 2.45) is 11.8 Å². The molecule has 1 saturated carbocycles. The molecule has 1 heteroatoms. The lowest BCUT2D eigenvalue weighted by Gasteiger charge is -2.22. The summed E-state index contributed by atoms with van der Waals surface area (Å²) in [4.78, 5) is 12.0. The molecule has 0 heterocycles. The molecule has 15 heavy (non-hydrogen) atoms. The van der Waals surface area contributed by atoms with E-state index in [0.29, 0.717) is 11.7 Å². The lowest BCUT2D eigenvalue weighted by atomic mass is 9.82. The second kappa shape index (κ2) is 7.03. The molecule has 1 unspecified atom stereocenters. The van der Waals surface area contributed by atoms with Crippen molar-refractivity contribution in [2.75, 3.05) is 0 Å². The van der Waals surface area contributed by atoms with Gasteiger partial charge in [0.1, 0.15) is 5.78 Å². The summed E-state index contributed by atoms with van der Waals surface area (Å²) in [5, 5.41) is 0. The minimum Gasteiger partial charge on any atom is -0.299 e. The van der Waals surface area contributed by atoms with Crippen LogP contribution in [0.15, 0.2) is 0 Å². The zero-order valence-corrected chi connectivity index (χ0v) is 10.4. The van der Waals surface area contributed by atoms with Crippen LogP contribution < -0.4 is 0 Å². The van der Waals surface area contributed by atoms with Crippen molar-refractivity contribution in [3.05, 3.63) is 0 Å². The average molecular weight is 210 g/mol. The van der Waals surface area contributed by atoms with Crippen LogP contribution in [-0.2, 0) is 4.79 Å². The van der Waals surface area contributed by atoms with Crippen molar-refractivity contribution in [1.29, 1.82) is 0 Å². The van der Waals surface area contributed by atoms with Crippen LogP contribution in [0.4, 0.5) is 0 Å². The van der Waals surface area contributed by atoms with Gasteiger partial charge in [0.2, 0.25) is 0 Å². The molecule has 0 bridgehead atoms. The third kappa shape index (κ3) is 4.36. The topological polar surface area (TPSA) is 17.1 Å². The van der Waals surface area contributed by atoms with Gasteiger partial charge in [-0.05, 0) is 18.8 Å². The molecule has 0 amide bonds. The Kier molecular flexibility index (Phi) is 5.97. The van der Waals surface area contributed by atoms with E-state index in [1.54, 1.807) is 0 Å². The summed E-state index contributed by atoms with van der Waals surface area (Å²) in [7, 11) is 0. The van der Waals surface area contributed by atoms with E-state index in [9.17, 15) is 4.79 Å². The predicted octanol–water partition coefficient (Wildman–Crippen LogP) is 4.35. The Balaban J connectivity index is 2.31. The fraction of sp³-hybridized carbons (Fsp3) is 0.929. The Bertz CT molecular complexity index is 180. The highest BCUT2D eigenvalue weighted by Crippen LogP contribution is 2.28. The highest BCUT2D eigenvalue weighted by molar-refractivity contribution is 5.81. The number of rotatable bonds is 6. The van der Waals surface area contributed by atoms with Crippen LogP contribution in [0.2, 0.25) is 0 Å². The second-order valence-electron chi connectivity index (χ2n) is 5.07. The lowest BCUT2D eigenvalue weighted by molar-refractivity contribution is -0.124. The summed E-state index contributed by atoms with van der Waals surface area (Å²) in [6, 6.07) is 0. The van der Waals surface area contributed by atoms with Crippen LogP contribution in [0.1, 0.15) is 71.6 Å². The standard InChI is InChI=1S/C14H26O/c1-3-8-13(4-2)14(15)11-12-9-6-5-7-10-12/h12-13H,3-11H2,1-2H3. The van der Waals surface area contributed by atoms with Crippen molar-refractivity contribution in [1.82, 2.24) is 0 Å². The molecule has 1 fully saturated rings. The van der Waals surface area contributed by atoms with Crippen molar-refractivity contribution in [2.45, 2.75) is 71.6 Å². The van der Waals surface area contributed by atoms with E-state index < -0.39 is 0 Å². The van der Waals surface area contributed by atoms with Gasteiger partial charge in [0.25, 0.3) is 0 Å². The van der Waals surface area contributed by atoms with E-state index in [2.05, 4.69) is 13.8 Å². The van der Waals surface area contributed by atoms with E-state index in [4.69, 9.17) is 0 Å². The number of Topliss-reactive ketones (excluding diaryl/α,β-unsaturated/α-hetero) is 1. The molecule has 0 radical (unpaired) electrons. The van der Waals surface area contributed by atoms with E-state index in [-0.39, 0.29) is 0 Å². The maximum absolute atomic E-state index is 12.0. The fourth-order valence-corrected chi connectivity index (χ4v) is 2.78. The minimum absolute atomic E-state index is 0.358. The predicted molar refractivity (Wildman–Crippen MR) is 64.9 cm³/mol. The van der Waals surface area contributed by atoms with Gasteiger partial charge < -0.3 is 0 Å². The van der Waals surface area contributed by atoms with Gasteiger partial charge in [0.15, 0.2) is 0 Å². The summed E-state index contributed by atoms with van der Waals surface area (Å²) >= 11 is 0. The Morgan fingerprint density at radius 2 is 1.87 bits per heavy atom. The quantitative estimate of drug-likeness (QED) is 0.637. The van der Waals surface area contributed by atoms with Crippen LogP contribution in [0.5, 0.6) is 0 Å². The Hall–Kier alpha value is -0.330. The number of carbonyl (C=O) groups excluding carboxylic acids is 1. The van der Waals surface area contributed by atoms with Crippen LogP contribution in [0.25, 0.3) is 0 Å². The largest absolute Gasteiger partial charge is 0.299 e. The van der Waals surface area contributed by atoms with Crippen molar-refractivity contribution >= 4 is 5.78 Å². The molecular formula is C14H26O. The molecule has 0 aromatic heterocycles. The highest BCUT2D eigenvalue weighted by Gasteiger charge is 2.21. The van der Waals surface area contributed by atoms with E-state index in [0.717, 1.165) is 31.6 Å².